The lowest BCUT2D eigenvalue weighted by Gasteiger charge is -2.27. The van der Waals surface area contributed by atoms with Gasteiger partial charge in [0.05, 0.1) is 23.7 Å². The lowest BCUT2D eigenvalue weighted by molar-refractivity contribution is -0.116. The third kappa shape index (κ3) is 5.77. The van der Waals surface area contributed by atoms with Gasteiger partial charge < -0.3 is 25.7 Å². The first-order valence-electron chi connectivity index (χ1n) is 12.2. The Labute approximate surface area is 197 Å². The van der Waals surface area contributed by atoms with E-state index in [2.05, 4.69) is 44.1 Å². The summed E-state index contributed by atoms with van der Waals surface area (Å²) < 4.78 is 5.33. The summed E-state index contributed by atoms with van der Waals surface area (Å²) >= 11 is 0. The summed E-state index contributed by atoms with van der Waals surface area (Å²) in [5.74, 6) is 0.668. The number of aromatic nitrogens is 1. The van der Waals surface area contributed by atoms with Crippen LogP contribution in [0.2, 0.25) is 0 Å². The van der Waals surface area contributed by atoms with Crippen molar-refractivity contribution in [3.8, 4) is 0 Å². The first kappa shape index (κ1) is 24.8. The van der Waals surface area contributed by atoms with Crippen molar-refractivity contribution in [2.75, 3.05) is 27.3 Å². The SMILES string of the molecule is CC.CN=C(COC)NC(C1=C(NC2CCCCC2)CNC1=O)c1cccc2cc(C)[nH]c12. The van der Waals surface area contributed by atoms with E-state index >= 15 is 0 Å². The molecular formula is C26H39N5O2. The summed E-state index contributed by atoms with van der Waals surface area (Å²) in [6, 6.07) is 8.42. The van der Waals surface area contributed by atoms with Crippen molar-refractivity contribution in [2.24, 2.45) is 4.99 Å². The van der Waals surface area contributed by atoms with Gasteiger partial charge in [0.25, 0.3) is 5.91 Å². The Morgan fingerprint density at radius 2 is 2.00 bits per heavy atom. The predicted octanol–water partition coefficient (Wildman–Crippen LogP) is 4.11. The molecule has 1 unspecified atom stereocenters. The third-order valence-electron chi connectivity index (χ3n) is 6.26. The van der Waals surface area contributed by atoms with Crippen LogP contribution in [-0.4, -0.2) is 50.1 Å². The van der Waals surface area contributed by atoms with Crippen molar-refractivity contribution >= 4 is 22.6 Å². The minimum absolute atomic E-state index is 0.0380. The van der Waals surface area contributed by atoms with Crippen molar-refractivity contribution in [3.63, 3.8) is 0 Å². The zero-order valence-corrected chi connectivity index (χ0v) is 20.7. The van der Waals surface area contributed by atoms with Crippen molar-refractivity contribution in [2.45, 2.75) is 65.0 Å². The molecule has 2 heterocycles. The smallest absolute Gasteiger partial charge is 0.251 e. The molecule has 2 aromatic rings. The van der Waals surface area contributed by atoms with E-state index in [0.29, 0.717) is 25.0 Å². The van der Waals surface area contributed by atoms with Crippen LogP contribution in [0, 0.1) is 6.92 Å². The first-order valence-corrected chi connectivity index (χ1v) is 12.2. The van der Waals surface area contributed by atoms with Gasteiger partial charge in [-0.2, -0.15) is 0 Å². The normalized spacial score (nSPS) is 18.1. The number of carbonyl (C=O) groups excluding carboxylic acids is 1. The van der Waals surface area contributed by atoms with Gasteiger partial charge in [-0.05, 0) is 25.8 Å². The minimum Gasteiger partial charge on any atom is -0.384 e. The largest absolute Gasteiger partial charge is 0.384 e. The van der Waals surface area contributed by atoms with E-state index in [-0.39, 0.29) is 11.9 Å². The molecule has 1 aliphatic heterocycles. The van der Waals surface area contributed by atoms with Gasteiger partial charge in [0.1, 0.15) is 12.4 Å². The zero-order valence-electron chi connectivity index (χ0n) is 20.7. The molecule has 180 valence electrons. The van der Waals surface area contributed by atoms with E-state index in [1.54, 1.807) is 14.2 Å². The number of carbonyl (C=O) groups is 1. The fraction of sp³-hybridized carbons (Fsp3) is 0.538. The molecule has 0 bridgehead atoms. The van der Waals surface area contributed by atoms with Gasteiger partial charge in [0, 0.05) is 42.5 Å². The Bertz CT molecular complexity index is 1000. The lowest BCUT2D eigenvalue weighted by atomic mass is 9.93. The first-order chi connectivity index (χ1) is 16.1. The molecule has 2 aliphatic rings. The maximum Gasteiger partial charge on any atom is 0.251 e. The number of para-hydroxylation sites is 1. The maximum atomic E-state index is 13.1. The second kappa shape index (κ2) is 11.9. The number of fused-ring (bicyclic) bond motifs is 1. The monoisotopic (exact) mass is 453 g/mol. The van der Waals surface area contributed by atoms with E-state index in [4.69, 9.17) is 4.74 Å². The van der Waals surface area contributed by atoms with E-state index < -0.39 is 0 Å². The van der Waals surface area contributed by atoms with Crippen LogP contribution in [0.3, 0.4) is 0 Å². The highest BCUT2D eigenvalue weighted by Crippen LogP contribution is 2.32. The molecule has 1 fully saturated rings. The maximum absolute atomic E-state index is 13.1. The highest BCUT2D eigenvalue weighted by Gasteiger charge is 2.33. The van der Waals surface area contributed by atoms with Gasteiger partial charge in [0.2, 0.25) is 0 Å². The van der Waals surface area contributed by atoms with Crippen LogP contribution in [0.15, 0.2) is 40.5 Å². The predicted molar refractivity (Wildman–Crippen MR) is 136 cm³/mol. The number of hydrogen-bond donors (Lipinski definition) is 4. The number of methoxy groups -OCH3 is 1. The van der Waals surface area contributed by atoms with Gasteiger partial charge >= 0.3 is 0 Å². The van der Waals surface area contributed by atoms with Crippen LogP contribution in [0.25, 0.3) is 10.9 Å². The number of aliphatic imine (C=N–C) groups is 1. The quantitative estimate of drug-likeness (QED) is 0.375. The fourth-order valence-corrected chi connectivity index (χ4v) is 4.76. The zero-order chi connectivity index (χ0) is 23.8. The molecule has 0 radical (unpaired) electrons. The number of hydrogen-bond acceptors (Lipinski definition) is 4. The van der Waals surface area contributed by atoms with Crippen LogP contribution in [0.5, 0.6) is 0 Å². The lowest BCUT2D eigenvalue weighted by Crippen LogP contribution is -2.37. The van der Waals surface area contributed by atoms with Crippen LogP contribution in [0.4, 0.5) is 0 Å². The van der Waals surface area contributed by atoms with E-state index in [9.17, 15) is 4.79 Å². The molecule has 7 nitrogen and oxygen atoms in total. The van der Waals surface area contributed by atoms with Crippen molar-refractivity contribution in [1.29, 1.82) is 0 Å². The topological polar surface area (TPSA) is 90.5 Å². The number of nitrogens with one attached hydrogen (secondary N) is 4. The number of nitrogens with zero attached hydrogens (tertiary/aromatic N) is 1. The molecule has 1 aromatic heterocycles. The van der Waals surface area contributed by atoms with E-state index in [0.717, 1.165) is 46.3 Å². The molecular weight excluding hydrogens is 414 g/mol. The number of aryl methyl sites for hydroxylation is 1. The highest BCUT2D eigenvalue weighted by molar-refractivity contribution is 6.00. The Balaban J connectivity index is 0.00000149. The van der Waals surface area contributed by atoms with Crippen LogP contribution in [0.1, 0.15) is 63.3 Å². The molecule has 1 amide bonds. The van der Waals surface area contributed by atoms with Crippen LogP contribution in [-0.2, 0) is 9.53 Å². The number of amides is 1. The van der Waals surface area contributed by atoms with Gasteiger partial charge in [-0.3, -0.25) is 9.79 Å². The molecule has 1 saturated carbocycles. The molecule has 7 heteroatoms. The second-order valence-electron chi connectivity index (χ2n) is 8.50. The van der Waals surface area contributed by atoms with Gasteiger partial charge in [-0.1, -0.05) is 51.3 Å². The summed E-state index contributed by atoms with van der Waals surface area (Å²) in [5, 5.41) is 11.4. The average Bonchev–Trinajstić information content (AvgIpc) is 3.40. The van der Waals surface area contributed by atoms with Gasteiger partial charge in [0.15, 0.2) is 0 Å². The summed E-state index contributed by atoms with van der Waals surface area (Å²) in [7, 11) is 3.39. The van der Waals surface area contributed by atoms with Gasteiger partial charge in [-0.25, -0.2) is 0 Å². The molecule has 1 atom stereocenters. The van der Waals surface area contributed by atoms with Crippen LogP contribution < -0.4 is 16.0 Å². The van der Waals surface area contributed by atoms with Gasteiger partial charge in [-0.15, -0.1) is 0 Å². The molecule has 4 N–H and O–H groups in total. The molecule has 4 rings (SSSR count). The number of benzene rings is 1. The number of H-pyrrole nitrogens is 1. The average molecular weight is 454 g/mol. The van der Waals surface area contributed by atoms with Crippen LogP contribution >= 0.6 is 0 Å². The standard InChI is InChI=1S/C24H33N5O2.C2H6/c1-15-12-16-8-7-11-18(22(16)27-15)23(29-20(25-2)14-31-3)21-19(13-26-24(21)30)28-17-9-5-4-6-10-17;1-2/h7-8,11-12,17,23,27-28H,4-6,9-10,13-14H2,1-3H3,(H,25,29)(H,26,30);1-2H3. The van der Waals surface area contributed by atoms with E-state index in [1.807, 2.05) is 26.8 Å². The Kier molecular flexibility index (Phi) is 8.95. The van der Waals surface area contributed by atoms with E-state index in [1.165, 1.54) is 19.3 Å². The minimum atomic E-state index is -0.343. The molecule has 1 aromatic carbocycles. The summed E-state index contributed by atoms with van der Waals surface area (Å²) in [6.45, 7) is 6.94. The van der Waals surface area contributed by atoms with Crippen molar-refractivity contribution in [1.82, 2.24) is 20.9 Å². The molecule has 0 spiro atoms. The Morgan fingerprint density at radius 3 is 2.70 bits per heavy atom. The van der Waals surface area contributed by atoms with Crippen molar-refractivity contribution < 1.29 is 9.53 Å². The Morgan fingerprint density at radius 1 is 1.24 bits per heavy atom. The van der Waals surface area contributed by atoms with Crippen molar-refractivity contribution in [3.05, 3.63) is 46.8 Å². The Hall–Kier alpha value is -2.80. The third-order valence-corrected chi connectivity index (χ3v) is 6.26. The second-order valence-corrected chi connectivity index (χ2v) is 8.50. The highest BCUT2D eigenvalue weighted by atomic mass is 16.5. The molecule has 33 heavy (non-hydrogen) atoms. The molecule has 1 aliphatic carbocycles. The summed E-state index contributed by atoms with van der Waals surface area (Å²) in [6.07, 6.45) is 6.09. The summed E-state index contributed by atoms with van der Waals surface area (Å²) in [5.41, 5.74) is 4.88. The number of ether oxygens (including phenoxy) is 1. The fourth-order valence-electron chi connectivity index (χ4n) is 4.76. The molecule has 0 saturated heterocycles. The number of amidine groups is 1. The number of aromatic amines is 1. The number of rotatable bonds is 7. The summed E-state index contributed by atoms with van der Waals surface area (Å²) in [4.78, 5) is 20.9.